The van der Waals surface area contributed by atoms with Crippen LogP contribution in [0.2, 0.25) is 0 Å². The second kappa shape index (κ2) is 4.37. The van der Waals surface area contributed by atoms with E-state index in [0.717, 1.165) is 6.42 Å². The van der Waals surface area contributed by atoms with E-state index in [1.165, 1.54) is 28.5 Å². The van der Waals surface area contributed by atoms with E-state index >= 15 is 0 Å². The van der Waals surface area contributed by atoms with Crippen LogP contribution in [-0.4, -0.2) is 0 Å². The molecule has 1 saturated carbocycles. The molecular weight excluding hydrogens is 260 g/mol. The van der Waals surface area contributed by atoms with Crippen LogP contribution in [0.4, 0.5) is 0 Å². The van der Waals surface area contributed by atoms with Crippen LogP contribution in [0.5, 0.6) is 0 Å². The summed E-state index contributed by atoms with van der Waals surface area (Å²) >= 11 is 3.54. The normalized spacial score (nSPS) is 24.4. The van der Waals surface area contributed by atoms with Crippen LogP contribution in [0.15, 0.2) is 40.9 Å². The van der Waals surface area contributed by atoms with Crippen LogP contribution in [0.25, 0.3) is 0 Å². The Kier molecular flexibility index (Phi) is 3.25. The largest absolute Gasteiger partial charge is 0.0992 e. The van der Waals surface area contributed by atoms with Gasteiger partial charge in [0.1, 0.15) is 0 Å². The molecule has 1 aliphatic rings. The van der Waals surface area contributed by atoms with Crippen molar-refractivity contribution >= 4 is 15.9 Å². The van der Waals surface area contributed by atoms with Gasteiger partial charge in [0.25, 0.3) is 0 Å². The Morgan fingerprint density at radius 2 is 2.12 bits per heavy atom. The third-order valence-corrected chi connectivity index (χ3v) is 4.05. The minimum atomic E-state index is 0.444. The molecule has 1 unspecified atom stereocenters. The lowest BCUT2D eigenvalue weighted by Crippen LogP contribution is -2.22. The van der Waals surface area contributed by atoms with Gasteiger partial charge in [-0.2, -0.15) is 0 Å². The number of halogens is 1. The molecule has 0 saturated heterocycles. The number of hydrogen-bond donors (Lipinski definition) is 0. The zero-order valence-corrected chi connectivity index (χ0v) is 11.7. The maximum Gasteiger partial charge on any atom is 0.0178 e. The van der Waals surface area contributed by atoms with E-state index in [-0.39, 0.29) is 0 Å². The van der Waals surface area contributed by atoms with Crippen LogP contribution in [0.1, 0.15) is 44.6 Å². The van der Waals surface area contributed by atoms with E-state index in [1.54, 1.807) is 0 Å². The lowest BCUT2D eigenvalue weighted by molar-refractivity contribution is 0.275. The van der Waals surface area contributed by atoms with Crippen LogP contribution in [-0.2, 0) is 0 Å². The van der Waals surface area contributed by atoms with Gasteiger partial charge in [0.05, 0.1) is 0 Å². The summed E-state index contributed by atoms with van der Waals surface area (Å²) in [6, 6.07) is 8.65. The van der Waals surface area contributed by atoms with Crippen molar-refractivity contribution in [3.8, 4) is 0 Å². The highest BCUT2D eigenvalue weighted by Gasteiger charge is 2.30. The highest BCUT2D eigenvalue weighted by Crippen LogP contribution is 2.45. The molecule has 1 aliphatic carbocycles. The summed E-state index contributed by atoms with van der Waals surface area (Å²) in [7, 11) is 0. The first-order chi connectivity index (χ1) is 7.48. The predicted molar refractivity (Wildman–Crippen MR) is 73.7 cm³/mol. The third kappa shape index (κ3) is 2.57. The van der Waals surface area contributed by atoms with Crippen LogP contribution in [0, 0.1) is 5.41 Å². The maximum absolute atomic E-state index is 4.28. The van der Waals surface area contributed by atoms with Crippen molar-refractivity contribution in [2.75, 3.05) is 0 Å². The molecule has 1 aromatic carbocycles. The lowest BCUT2D eigenvalue weighted by atomic mass is 9.69. The molecule has 0 bridgehead atoms. The van der Waals surface area contributed by atoms with Gasteiger partial charge in [-0.1, -0.05) is 54.1 Å². The van der Waals surface area contributed by atoms with Crippen molar-refractivity contribution in [1.82, 2.24) is 0 Å². The van der Waals surface area contributed by atoms with Gasteiger partial charge in [0.2, 0.25) is 0 Å². The van der Waals surface area contributed by atoms with Crippen molar-refractivity contribution in [2.45, 2.75) is 39.0 Å². The molecule has 0 spiro atoms. The van der Waals surface area contributed by atoms with E-state index in [9.17, 15) is 0 Å². The fourth-order valence-electron chi connectivity index (χ4n) is 2.69. The molecule has 1 heteroatoms. The summed E-state index contributed by atoms with van der Waals surface area (Å²) in [4.78, 5) is 0. The summed E-state index contributed by atoms with van der Waals surface area (Å²) in [6.07, 6.45) is 3.69. The van der Waals surface area contributed by atoms with Gasteiger partial charge in [0, 0.05) is 10.4 Å². The van der Waals surface area contributed by atoms with Crippen LogP contribution in [0.3, 0.4) is 0 Å². The maximum atomic E-state index is 4.28. The van der Waals surface area contributed by atoms with E-state index in [2.05, 4.69) is 60.6 Å². The average molecular weight is 279 g/mol. The highest BCUT2D eigenvalue weighted by atomic mass is 79.9. The molecule has 2 rings (SSSR count). The second-order valence-corrected chi connectivity index (χ2v) is 6.56. The zero-order chi connectivity index (χ0) is 11.8. The molecule has 86 valence electrons. The van der Waals surface area contributed by atoms with Gasteiger partial charge in [-0.25, -0.2) is 0 Å². The Morgan fingerprint density at radius 3 is 2.75 bits per heavy atom. The van der Waals surface area contributed by atoms with Gasteiger partial charge in [-0.3, -0.25) is 0 Å². The monoisotopic (exact) mass is 278 g/mol. The Balaban J connectivity index is 2.21. The summed E-state index contributed by atoms with van der Waals surface area (Å²) < 4.78 is 1.17. The SMILES string of the molecule is C=C1CC(C)(C)CCC1c1cccc(Br)c1. The summed E-state index contributed by atoms with van der Waals surface area (Å²) in [5.41, 5.74) is 3.25. The molecule has 1 atom stereocenters. The third-order valence-electron chi connectivity index (χ3n) is 3.56. The topological polar surface area (TPSA) is 0 Å². The molecule has 0 amide bonds. The minimum Gasteiger partial charge on any atom is -0.0992 e. The smallest absolute Gasteiger partial charge is 0.0178 e. The van der Waals surface area contributed by atoms with Crippen molar-refractivity contribution in [3.63, 3.8) is 0 Å². The fraction of sp³-hybridized carbons (Fsp3) is 0.467. The molecule has 0 aliphatic heterocycles. The number of rotatable bonds is 1. The molecule has 0 nitrogen and oxygen atoms in total. The molecular formula is C15H19Br. The first-order valence-corrected chi connectivity index (χ1v) is 6.70. The van der Waals surface area contributed by atoms with Crippen molar-refractivity contribution in [3.05, 3.63) is 46.5 Å². The summed E-state index contributed by atoms with van der Waals surface area (Å²) in [6.45, 7) is 8.97. The summed E-state index contributed by atoms with van der Waals surface area (Å²) in [5.74, 6) is 0.561. The molecule has 1 fully saturated rings. The Bertz CT molecular complexity index is 404. The lowest BCUT2D eigenvalue weighted by Gasteiger charge is -2.36. The molecule has 0 N–H and O–H groups in total. The predicted octanol–water partition coefficient (Wildman–Crippen LogP) is 5.30. The van der Waals surface area contributed by atoms with Gasteiger partial charge >= 0.3 is 0 Å². The van der Waals surface area contributed by atoms with Crippen molar-refractivity contribution in [2.24, 2.45) is 5.41 Å². The van der Waals surface area contributed by atoms with Crippen molar-refractivity contribution < 1.29 is 0 Å². The quantitative estimate of drug-likeness (QED) is 0.612. The molecule has 0 aromatic heterocycles. The zero-order valence-electron chi connectivity index (χ0n) is 10.1. The van der Waals surface area contributed by atoms with Crippen LogP contribution < -0.4 is 0 Å². The Labute approximate surface area is 107 Å². The minimum absolute atomic E-state index is 0.444. The number of hydrogen-bond acceptors (Lipinski definition) is 0. The molecule has 0 radical (unpaired) electrons. The molecule has 1 aromatic rings. The van der Waals surface area contributed by atoms with Gasteiger partial charge in [-0.05, 0) is 42.4 Å². The van der Waals surface area contributed by atoms with Gasteiger partial charge < -0.3 is 0 Å². The molecule has 16 heavy (non-hydrogen) atoms. The van der Waals surface area contributed by atoms with Crippen LogP contribution >= 0.6 is 15.9 Å². The first-order valence-electron chi connectivity index (χ1n) is 5.91. The van der Waals surface area contributed by atoms with Gasteiger partial charge in [-0.15, -0.1) is 0 Å². The van der Waals surface area contributed by atoms with Crippen molar-refractivity contribution in [1.29, 1.82) is 0 Å². The molecule has 0 heterocycles. The van der Waals surface area contributed by atoms with E-state index < -0.39 is 0 Å². The van der Waals surface area contributed by atoms with E-state index in [4.69, 9.17) is 0 Å². The number of allylic oxidation sites excluding steroid dienone is 1. The average Bonchev–Trinajstić information content (AvgIpc) is 2.15. The standard InChI is InChI=1S/C15H19Br/c1-11-10-15(2,3)8-7-14(11)12-5-4-6-13(16)9-12/h4-6,9,14H,1,7-8,10H2,2-3H3. The summed E-state index contributed by atoms with van der Waals surface area (Å²) in [5, 5.41) is 0. The second-order valence-electron chi connectivity index (χ2n) is 5.65. The fourth-order valence-corrected chi connectivity index (χ4v) is 3.11. The first kappa shape index (κ1) is 11.9. The van der Waals surface area contributed by atoms with E-state index in [0.29, 0.717) is 11.3 Å². The Morgan fingerprint density at radius 1 is 1.38 bits per heavy atom. The Hall–Kier alpha value is -0.560. The highest BCUT2D eigenvalue weighted by molar-refractivity contribution is 9.10. The van der Waals surface area contributed by atoms with Gasteiger partial charge in [0.15, 0.2) is 0 Å². The van der Waals surface area contributed by atoms with E-state index in [1.807, 2.05) is 0 Å². The number of benzene rings is 1.